The van der Waals surface area contributed by atoms with Crippen molar-refractivity contribution in [1.29, 1.82) is 0 Å². The van der Waals surface area contributed by atoms with Crippen molar-refractivity contribution in [3.63, 3.8) is 0 Å². The monoisotopic (exact) mass is 377 g/mol. The standard InChI is InChI=1S/C16H16ClN5O2S/c1-9-8-13(21-24-9)18-15(23)10(2)25-16-20-19-14(22(16)3)11-6-4-5-7-12(11)17/h4-8,10H,1-3H3,(H,18,21,23). The number of benzene rings is 1. The predicted octanol–water partition coefficient (Wildman–Crippen LogP) is 3.55. The summed E-state index contributed by atoms with van der Waals surface area (Å²) >= 11 is 7.52. The highest BCUT2D eigenvalue weighted by atomic mass is 35.5. The Morgan fingerprint density at radius 1 is 1.36 bits per heavy atom. The number of rotatable bonds is 5. The molecule has 2 aromatic heterocycles. The van der Waals surface area contributed by atoms with Gasteiger partial charge in [0.05, 0.1) is 10.3 Å². The molecule has 9 heteroatoms. The van der Waals surface area contributed by atoms with Crippen molar-refractivity contribution in [1.82, 2.24) is 19.9 Å². The third kappa shape index (κ3) is 3.85. The molecule has 0 saturated heterocycles. The van der Waals surface area contributed by atoms with E-state index in [1.807, 2.05) is 29.8 Å². The third-order valence-corrected chi connectivity index (χ3v) is 4.94. The molecule has 1 N–H and O–H groups in total. The van der Waals surface area contributed by atoms with Crippen molar-refractivity contribution >= 4 is 35.1 Å². The van der Waals surface area contributed by atoms with Gasteiger partial charge in [-0.05, 0) is 26.0 Å². The van der Waals surface area contributed by atoms with E-state index >= 15 is 0 Å². The van der Waals surface area contributed by atoms with Gasteiger partial charge >= 0.3 is 0 Å². The Morgan fingerprint density at radius 2 is 2.12 bits per heavy atom. The minimum Gasteiger partial charge on any atom is -0.360 e. The lowest BCUT2D eigenvalue weighted by Crippen LogP contribution is -2.23. The molecule has 3 rings (SSSR count). The smallest absolute Gasteiger partial charge is 0.238 e. The highest BCUT2D eigenvalue weighted by Gasteiger charge is 2.21. The largest absolute Gasteiger partial charge is 0.360 e. The Hall–Kier alpha value is -2.32. The lowest BCUT2D eigenvalue weighted by atomic mass is 10.2. The number of halogens is 1. The molecular weight excluding hydrogens is 362 g/mol. The van der Waals surface area contributed by atoms with E-state index in [-0.39, 0.29) is 11.2 Å². The molecule has 1 amide bonds. The zero-order valence-corrected chi connectivity index (χ0v) is 15.4. The van der Waals surface area contributed by atoms with E-state index in [0.29, 0.717) is 27.6 Å². The second kappa shape index (κ2) is 7.28. The Labute approximate surface area is 153 Å². The van der Waals surface area contributed by atoms with E-state index in [1.54, 1.807) is 26.0 Å². The lowest BCUT2D eigenvalue weighted by molar-refractivity contribution is -0.115. The highest BCUT2D eigenvalue weighted by Crippen LogP contribution is 2.29. The molecule has 2 heterocycles. The molecular formula is C16H16ClN5O2S. The van der Waals surface area contributed by atoms with Crippen molar-refractivity contribution < 1.29 is 9.32 Å². The topological polar surface area (TPSA) is 85.8 Å². The maximum Gasteiger partial charge on any atom is 0.238 e. The predicted molar refractivity (Wildman–Crippen MR) is 96.6 cm³/mol. The molecule has 0 radical (unpaired) electrons. The van der Waals surface area contributed by atoms with Crippen LogP contribution in [0.4, 0.5) is 5.82 Å². The number of hydrogen-bond acceptors (Lipinski definition) is 6. The number of nitrogens with zero attached hydrogens (tertiary/aromatic N) is 4. The van der Waals surface area contributed by atoms with E-state index in [0.717, 1.165) is 5.56 Å². The minimum absolute atomic E-state index is 0.194. The number of carbonyl (C=O) groups is 1. The summed E-state index contributed by atoms with van der Waals surface area (Å²) in [6.45, 7) is 3.55. The number of anilines is 1. The molecule has 25 heavy (non-hydrogen) atoms. The fourth-order valence-electron chi connectivity index (χ4n) is 2.16. The minimum atomic E-state index is -0.390. The summed E-state index contributed by atoms with van der Waals surface area (Å²) in [7, 11) is 1.84. The zero-order chi connectivity index (χ0) is 18.0. The van der Waals surface area contributed by atoms with Crippen molar-refractivity contribution in [3.8, 4) is 11.4 Å². The Balaban J connectivity index is 1.73. The summed E-state index contributed by atoms with van der Waals surface area (Å²) in [6, 6.07) is 9.08. The van der Waals surface area contributed by atoms with Gasteiger partial charge < -0.3 is 14.4 Å². The van der Waals surface area contributed by atoms with Gasteiger partial charge in [0.1, 0.15) is 5.76 Å². The maximum absolute atomic E-state index is 12.3. The van der Waals surface area contributed by atoms with Crippen LogP contribution in [0.5, 0.6) is 0 Å². The van der Waals surface area contributed by atoms with E-state index in [9.17, 15) is 4.79 Å². The lowest BCUT2D eigenvalue weighted by Gasteiger charge is -2.10. The van der Waals surface area contributed by atoms with Crippen LogP contribution in [0.3, 0.4) is 0 Å². The second-order valence-corrected chi connectivity index (χ2v) is 7.13. The van der Waals surface area contributed by atoms with Crippen LogP contribution in [-0.4, -0.2) is 31.1 Å². The van der Waals surface area contributed by atoms with Gasteiger partial charge in [-0.25, -0.2) is 0 Å². The molecule has 1 atom stereocenters. The number of aromatic nitrogens is 4. The summed E-state index contributed by atoms with van der Waals surface area (Å²) in [5.74, 6) is 1.48. The number of amides is 1. The van der Waals surface area contributed by atoms with Crippen LogP contribution in [0.15, 0.2) is 40.0 Å². The van der Waals surface area contributed by atoms with Crippen LogP contribution in [0.25, 0.3) is 11.4 Å². The molecule has 0 aliphatic rings. The summed E-state index contributed by atoms with van der Waals surface area (Å²) in [6.07, 6.45) is 0. The Bertz CT molecular complexity index is 908. The number of aryl methyl sites for hydroxylation is 1. The first-order valence-corrected chi connectivity index (χ1v) is 8.76. The van der Waals surface area contributed by atoms with Gasteiger partial charge in [0.25, 0.3) is 0 Å². The third-order valence-electron chi connectivity index (χ3n) is 3.48. The molecule has 0 spiro atoms. The van der Waals surface area contributed by atoms with E-state index in [4.69, 9.17) is 16.1 Å². The molecule has 0 fully saturated rings. The van der Waals surface area contributed by atoms with Gasteiger partial charge in [-0.2, -0.15) is 0 Å². The average Bonchev–Trinajstić information content (AvgIpc) is 3.14. The Morgan fingerprint density at radius 3 is 2.80 bits per heavy atom. The summed E-state index contributed by atoms with van der Waals surface area (Å²) in [4.78, 5) is 12.3. The van der Waals surface area contributed by atoms with E-state index < -0.39 is 0 Å². The SMILES string of the molecule is Cc1cc(NC(=O)C(C)Sc2nnc(-c3ccccc3Cl)n2C)no1. The van der Waals surface area contributed by atoms with Crippen molar-refractivity contribution in [2.45, 2.75) is 24.3 Å². The van der Waals surface area contributed by atoms with Crippen molar-refractivity contribution in [3.05, 3.63) is 41.1 Å². The van der Waals surface area contributed by atoms with Gasteiger partial charge in [0, 0.05) is 18.7 Å². The maximum atomic E-state index is 12.3. The Kier molecular flexibility index (Phi) is 5.10. The van der Waals surface area contributed by atoms with E-state index in [2.05, 4.69) is 20.7 Å². The van der Waals surface area contributed by atoms with Crippen LogP contribution in [0, 0.1) is 6.92 Å². The first kappa shape index (κ1) is 17.5. The van der Waals surface area contributed by atoms with Gasteiger partial charge in [-0.1, -0.05) is 40.7 Å². The second-order valence-electron chi connectivity index (χ2n) is 5.42. The molecule has 7 nitrogen and oxygen atoms in total. The first-order valence-electron chi connectivity index (χ1n) is 7.51. The number of hydrogen-bond donors (Lipinski definition) is 1. The molecule has 0 aliphatic carbocycles. The number of nitrogens with one attached hydrogen (secondary N) is 1. The molecule has 0 bridgehead atoms. The van der Waals surface area contributed by atoms with Crippen molar-refractivity contribution in [2.75, 3.05) is 5.32 Å². The molecule has 0 aliphatic heterocycles. The molecule has 0 saturated carbocycles. The average molecular weight is 378 g/mol. The highest BCUT2D eigenvalue weighted by molar-refractivity contribution is 8.00. The zero-order valence-electron chi connectivity index (χ0n) is 13.9. The van der Waals surface area contributed by atoms with Crippen LogP contribution < -0.4 is 5.32 Å². The molecule has 130 valence electrons. The molecule has 1 unspecified atom stereocenters. The van der Waals surface area contributed by atoms with Gasteiger partial charge in [0.2, 0.25) is 5.91 Å². The van der Waals surface area contributed by atoms with Gasteiger partial charge in [-0.3, -0.25) is 4.79 Å². The molecule has 3 aromatic rings. The summed E-state index contributed by atoms with van der Waals surface area (Å²) in [5, 5.41) is 15.7. The van der Waals surface area contributed by atoms with Crippen molar-refractivity contribution in [2.24, 2.45) is 7.05 Å². The van der Waals surface area contributed by atoms with Crippen LogP contribution in [0.2, 0.25) is 5.02 Å². The van der Waals surface area contributed by atoms with Gasteiger partial charge in [-0.15, -0.1) is 10.2 Å². The summed E-state index contributed by atoms with van der Waals surface area (Å²) in [5.41, 5.74) is 0.793. The van der Waals surface area contributed by atoms with Crippen LogP contribution >= 0.6 is 23.4 Å². The summed E-state index contributed by atoms with van der Waals surface area (Å²) < 4.78 is 6.75. The van der Waals surface area contributed by atoms with Gasteiger partial charge in [0.15, 0.2) is 16.8 Å². The first-order chi connectivity index (χ1) is 12.0. The molecule has 1 aromatic carbocycles. The quantitative estimate of drug-likeness (QED) is 0.684. The normalized spacial score (nSPS) is 12.2. The fourth-order valence-corrected chi connectivity index (χ4v) is 3.19. The fraction of sp³-hybridized carbons (Fsp3) is 0.250. The van der Waals surface area contributed by atoms with Crippen LogP contribution in [-0.2, 0) is 11.8 Å². The number of carbonyl (C=O) groups excluding carboxylic acids is 1. The number of thioether (sulfide) groups is 1. The van der Waals surface area contributed by atoms with E-state index in [1.165, 1.54) is 11.8 Å². The van der Waals surface area contributed by atoms with Crippen LogP contribution in [0.1, 0.15) is 12.7 Å².